The molecule has 1 atom stereocenters. The van der Waals surface area contributed by atoms with Crippen molar-refractivity contribution in [1.82, 2.24) is 5.32 Å². The van der Waals surface area contributed by atoms with Gasteiger partial charge in [0.25, 0.3) is 17.5 Å². The number of nitro groups is 1. The molecule has 4 N–H and O–H groups in total. The van der Waals surface area contributed by atoms with E-state index >= 15 is 0 Å². The second-order valence-electron chi connectivity index (χ2n) is 6.64. The molecular weight excluding hydrogens is 400 g/mol. The molecule has 1 aliphatic rings. The van der Waals surface area contributed by atoms with Crippen molar-refractivity contribution < 1.29 is 14.5 Å². The lowest BCUT2D eigenvalue weighted by Gasteiger charge is -2.18. The van der Waals surface area contributed by atoms with E-state index in [0.29, 0.717) is 16.5 Å². The first-order valence-electron chi connectivity index (χ1n) is 8.57. The Morgan fingerprint density at radius 2 is 2.14 bits per heavy atom. The van der Waals surface area contributed by atoms with Gasteiger partial charge in [0.2, 0.25) is 0 Å². The van der Waals surface area contributed by atoms with Crippen molar-refractivity contribution in [3.05, 3.63) is 55.9 Å². The molecule has 10 heteroatoms. The molecule has 0 spiro atoms. The predicted molar refractivity (Wildman–Crippen MR) is 111 cm³/mol. The molecule has 0 radical (unpaired) electrons. The fourth-order valence-electron chi connectivity index (χ4n) is 3.17. The number of rotatable bonds is 4. The number of non-ortho nitro benzene ring substituents is 1. The largest absolute Gasteiger partial charge is 0.365 e. The number of benzene rings is 1. The summed E-state index contributed by atoms with van der Waals surface area (Å²) in [5.74, 6) is -0.598. The molecule has 0 fully saturated rings. The molecule has 0 aliphatic heterocycles. The van der Waals surface area contributed by atoms with Gasteiger partial charge in [0, 0.05) is 22.6 Å². The second-order valence-corrected chi connectivity index (χ2v) is 8.15. The van der Waals surface area contributed by atoms with Crippen LogP contribution in [-0.2, 0) is 12.8 Å². The molecule has 0 saturated heterocycles. The maximum absolute atomic E-state index is 12.3. The summed E-state index contributed by atoms with van der Waals surface area (Å²) in [6.45, 7) is 2.16. The van der Waals surface area contributed by atoms with Crippen LogP contribution in [0.3, 0.4) is 0 Å². The molecule has 146 valence electrons. The number of carbonyl (C=O) groups excluding carboxylic acids is 2. The third-order valence-electron chi connectivity index (χ3n) is 4.53. The Labute approximate surface area is 170 Å². The van der Waals surface area contributed by atoms with Crippen LogP contribution in [0.15, 0.2) is 24.3 Å². The number of hydrogen-bond donors (Lipinski definition) is 3. The predicted octanol–water partition coefficient (Wildman–Crippen LogP) is 3.01. The number of thiophene rings is 1. The number of carbonyl (C=O) groups is 2. The molecule has 28 heavy (non-hydrogen) atoms. The van der Waals surface area contributed by atoms with Gasteiger partial charge in [-0.3, -0.25) is 25.0 Å². The van der Waals surface area contributed by atoms with Crippen LogP contribution in [0, 0.1) is 16.0 Å². The SMILES string of the molecule is CC1CCc2c(sc(NC(=S)NC(=O)c3cccc([N+](=O)[O-])c3)c2C(N)=O)C1. The summed E-state index contributed by atoms with van der Waals surface area (Å²) >= 11 is 6.60. The van der Waals surface area contributed by atoms with E-state index in [1.54, 1.807) is 0 Å². The summed E-state index contributed by atoms with van der Waals surface area (Å²) in [5.41, 5.74) is 6.84. The quantitative estimate of drug-likeness (QED) is 0.398. The third-order valence-corrected chi connectivity index (χ3v) is 5.91. The monoisotopic (exact) mass is 418 g/mol. The summed E-state index contributed by atoms with van der Waals surface area (Å²) < 4.78 is 0. The van der Waals surface area contributed by atoms with Crippen molar-refractivity contribution in [3.63, 3.8) is 0 Å². The number of anilines is 1. The van der Waals surface area contributed by atoms with Gasteiger partial charge in [-0.15, -0.1) is 11.3 Å². The fraction of sp³-hybridized carbons (Fsp3) is 0.278. The van der Waals surface area contributed by atoms with Crippen LogP contribution in [0.4, 0.5) is 10.7 Å². The minimum absolute atomic E-state index is 0.00866. The molecule has 8 nitrogen and oxygen atoms in total. The fourth-order valence-corrected chi connectivity index (χ4v) is 4.85. The number of amides is 2. The number of fused-ring (bicyclic) bond motifs is 1. The van der Waals surface area contributed by atoms with E-state index < -0.39 is 16.7 Å². The zero-order valence-corrected chi connectivity index (χ0v) is 16.6. The number of nitrogens with two attached hydrogens (primary N) is 1. The summed E-state index contributed by atoms with van der Waals surface area (Å²) in [6, 6.07) is 5.33. The van der Waals surface area contributed by atoms with E-state index in [1.807, 2.05) is 0 Å². The standard InChI is InChI=1S/C18H18N4O4S2/c1-9-5-6-12-13(7-9)28-17(14(12)15(19)23)21-18(27)20-16(24)10-3-2-4-11(8-10)22(25)26/h2-4,8-9H,5-7H2,1H3,(H2,19,23)(H2,20,21,24,27). The van der Waals surface area contributed by atoms with Crippen molar-refractivity contribution in [1.29, 1.82) is 0 Å². The molecule has 2 amide bonds. The highest BCUT2D eigenvalue weighted by Crippen LogP contribution is 2.39. The lowest BCUT2D eigenvalue weighted by molar-refractivity contribution is -0.384. The summed E-state index contributed by atoms with van der Waals surface area (Å²) in [4.78, 5) is 35.7. The normalized spacial score (nSPS) is 15.4. The lowest BCUT2D eigenvalue weighted by atomic mass is 9.88. The van der Waals surface area contributed by atoms with Crippen LogP contribution in [0.5, 0.6) is 0 Å². The Morgan fingerprint density at radius 1 is 1.39 bits per heavy atom. The highest BCUT2D eigenvalue weighted by molar-refractivity contribution is 7.80. The number of hydrogen-bond acceptors (Lipinski definition) is 6. The molecular formula is C18H18N4O4S2. The lowest BCUT2D eigenvalue weighted by Crippen LogP contribution is -2.34. The van der Waals surface area contributed by atoms with Gasteiger partial charge in [0.1, 0.15) is 5.00 Å². The van der Waals surface area contributed by atoms with Crippen molar-refractivity contribution in [3.8, 4) is 0 Å². The molecule has 0 saturated carbocycles. The summed E-state index contributed by atoms with van der Waals surface area (Å²) in [7, 11) is 0. The average Bonchev–Trinajstić information content (AvgIpc) is 2.98. The van der Waals surface area contributed by atoms with Crippen molar-refractivity contribution >= 4 is 51.2 Å². The van der Waals surface area contributed by atoms with Gasteiger partial charge >= 0.3 is 0 Å². The van der Waals surface area contributed by atoms with Crippen LogP contribution in [0.1, 0.15) is 44.5 Å². The molecule has 2 aromatic rings. The van der Waals surface area contributed by atoms with Gasteiger partial charge < -0.3 is 11.1 Å². The van der Waals surface area contributed by atoms with Gasteiger partial charge in [-0.2, -0.15) is 0 Å². The third kappa shape index (κ3) is 4.18. The Bertz CT molecular complexity index is 986. The minimum atomic E-state index is -0.586. The smallest absolute Gasteiger partial charge is 0.270 e. The van der Waals surface area contributed by atoms with Crippen molar-refractivity contribution in [2.24, 2.45) is 11.7 Å². The molecule has 1 heterocycles. The van der Waals surface area contributed by atoms with E-state index in [9.17, 15) is 19.7 Å². The summed E-state index contributed by atoms with van der Waals surface area (Å²) in [5, 5.41) is 16.7. The van der Waals surface area contributed by atoms with Crippen LogP contribution in [0.2, 0.25) is 0 Å². The molecule has 0 bridgehead atoms. The Kier molecular flexibility index (Phi) is 5.71. The topological polar surface area (TPSA) is 127 Å². The van der Waals surface area contributed by atoms with Gasteiger partial charge in [-0.05, 0) is 49.0 Å². The Hall–Kier alpha value is -2.85. The molecule has 1 aromatic carbocycles. The highest BCUT2D eigenvalue weighted by atomic mass is 32.1. The van der Waals surface area contributed by atoms with Crippen molar-refractivity contribution in [2.75, 3.05) is 5.32 Å². The molecule has 1 unspecified atom stereocenters. The van der Waals surface area contributed by atoms with Crippen LogP contribution < -0.4 is 16.4 Å². The van der Waals surface area contributed by atoms with Gasteiger partial charge in [-0.25, -0.2) is 0 Å². The van der Waals surface area contributed by atoms with E-state index in [4.69, 9.17) is 18.0 Å². The number of thiocarbonyl (C=S) groups is 1. The zero-order chi connectivity index (χ0) is 20.4. The van der Waals surface area contributed by atoms with E-state index in [-0.39, 0.29) is 16.4 Å². The molecule has 1 aromatic heterocycles. The highest BCUT2D eigenvalue weighted by Gasteiger charge is 2.27. The minimum Gasteiger partial charge on any atom is -0.365 e. The maximum Gasteiger partial charge on any atom is 0.270 e. The van der Waals surface area contributed by atoms with Crippen LogP contribution >= 0.6 is 23.6 Å². The van der Waals surface area contributed by atoms with E-state index in [0.717, 1.165) is 35.8 Å². The number of nitrogens with one attached hydrogen (secondary N) is 2. The number of primary amides is 1. The number of nitro benzene ring substituents is 1. The Morgan fingerprint density at radius 3 is 2.82 bits per heavy atom. The Balaban J connectivity index is 1.76. The molecule has 3 rings (SSSR count). The average molecular weight is 419 g/mol. The van der Waals surface area contributed by atoms with Crippen LogP contribution in [-0.4, -0.2) is 21.9 Å². The van der Waals surface area contributed by atoms with Crippen molar-refractivity contribution in [2.45, 2.75) is 26.2 Å². The van der Waals surface area contributed by atoms with Gasteiger partial charge in [0.15, 0.2) is 5.11 Å². The first-order chi connectivity index (χ1) is 13.3. The second kappa shape index (κ2) is 8.03. The number of nitrogens with zero attached hydrogens (tertiary/aromatic N) is 1. The first-order valence-corrected chi connectivity index (χ1v) is 9.80. The zero-order valence-electron chi connectivity index (χ0n) is 15.0. The first kappa shape index (κ1) is 19.9. The van der Waals surface area contributed by atoms with Crippen LogP contribution in [0.25, 0.3) is 0 Å². The summed E-state index contributed by atoms with van der Waals surface area (Å²) in [6.07, 6.45) is 2.63. The van der Waals surface area contributed by atoms with E-state index in [1.165, 1.54) is 29.5 Å². The van der Waals surface area contributed by atoms with E-state index in [2.05, 4.69) is 17.6 Å². The maximum atomic E-state index is 12.3. The van der Waals surface area contributed by atoms with Gasteiger partial charge in [-0.1, -0.05) is 13.0 Å². The molecule has 1 aliphatic carbocycles. The van der Waals surface area contributed by atoms with Gasteiger partial charge in [0.05, 0.1) is 10.5 Å².